The fourth-order valence-electron chi connectivity index (χ4n) is 4.73. The van der Waals surface area contributed by atoms with Crippen LogP contribution in [0.15, 0.2) is 23.4 Å². The molecule has 2 fully saturated rings. The van der Waals surface area contributed by atoms with Gasteiger partial charge in [-0.1, -0.05) is 30.1 Å². The molecule has 0 unspecified atom stereocenters. The van der Waals surface area contributed by atoms with E-state index in [4.69, 9.17) is 9.94 Å². The van der Waals surface area contributed by atoms with Crippen LogP contribution in [0.1, 0.15) is 62.2 Å². The molecule has 3 heterocycles. The fraction of sp³-hybridized carbons (Fsp3) is 0.600. The minimum atomic E-state index is -0.0723. The van der Waals surface area contributed by atoms with Gasteiger partial charge in [0.15, 0.2) is 0 Å². The minimum Gasteiger partial charge on any atom is -0.388 e. The van der Waals surface area contributed by atoms with Crippen molar-refractivity contribution in [3.05, 3.63) is 29.5 Å². The topological polar surface area (TPSA) is 51.4 Å². The van der Waals surface area contributed by atoms with Crippen molar-refractivity contribution >= 4 is 16.6 Å². The number of rotatable bonds is 2. The van der Waals surface area contributed by atoms with E-state index in [2.05, 4.69) is 40.3 Å². The van der Waals surface area contributed by atoms with Gasteiger partial charge >= 0.3 is 0 Å². The molecule has 1 saturated carbocycles. The molecule has 1 N–H and O–H groups in total. The van der Waals surface area contributed by atoms with E-state index >= 15 is 0 Å². The highest BCUT2D eigenvalue weighted by Gasteiger charge is 2.40. The lowest BCUT2D eigenvalue weighted by Crippen LogP contribution is -2.42. The van der Waals surface area contributed by atoms with E-state index in [1.807, 2.05) is 0 Å². The summed E-state index contributed by atoms with van der Waals surface area (Å²) in [6, 6.07) is 7.26. The molecule has 1 aliphatic carbocycles. The average Bonchev–Trinajstić information content (AvgIpc) is 3.36. The third-order valence-corrected chi connectivity index (χ3v) is 6.25. The second kappa shape index (κ2) is 5.84. The Bertz CT molecular complexity index is 826. The molecular formula is C20H26N4O. The Kier molecular flexibility index (Phi) is 3.59. The first-order valence-corrected chi connectivity index (χ1v) is 9.69. The van der Waals surface area contributed by atoms with Crippen LogP contribution in [0.5, 0.6) is 0 Å². The molecule has 2 aliphatic heterocycles. The van der Waals surface area contributed by atoms with Crippen molar-refractivity contribution in [1.29, 1.82) is 0 Å². The van der Waals surface area contributed by atoms with E-state index in [9.17, 15) is 0 Å². The van der Waals surface area contributed by atoms with Crippen LogP contribution in [-0.2, 0) is 4.84 Å². The van der Waals surface area contributed by atoms with Crippen LogP contribution in [-0.4, -0.2) is 34.2 Å². The summed E-state index contributed by atoms with van der Waals surface area (Å²) < 4.78 is 2.28. The number of piperidine rings is 1. The number of hydrogen-bond donors (Lipinski definition) is 1. The molecule has 1 spiro atoms. The number of nitrogens with zero attached hydrogens (tertiary/aromatic N) is 3. The molecule has 1 saturated heterocycles. The van der Waals surface area contributed by atoms with Crippen molar-refractivity contribution in [3.8, 4) is 0 Å². The Morgan fingerprint density at radius 3 is 2.80 bits per heavy atom. The van der Waals surface area contributed by atoms with Crippen LogP contribution >= 0.6 is 0 Å². The van der Waals surface area contributed by atoms with Crippen LogP contribution in [0.2, 0.25) is 0 Å². The maximum absolute atomic E-state index is 5.92. The zero-order valence-corrected chi connectivity index (χ0v) is 14.9. The normalized spacial score (nSPS) is 23.3. The van der Waals surface area contributed by atoms with E-state index in [0.717, 1.165) is 43.8 Å². The standard InChI is InChI=1S/C20H26N4O/c1-14-17-7-6-15(12-19(17)24(22-14)16-4-2-3-5-16)18-13-20(25-23-18)8-10-21-11-9-20/h6-7,12,16,21H,2-5,8-11,13H2,1H3. The second-order valence-electron chi connectivity index (χ2n) is 7.94. The Labute approximate surface area is 148 Å². The van der Waals surface area contributed by atoms with E-state index < -0.39 is 0 Å². The summed E-state index contributed by atoms with van der Waals surface area (Å²) in [5.41, 5.74) is 4.61. The molecule has 5 nitrogen and oxygen atoms in total. The lowest BCUT2D eigenvalue weighted by Gasteiger charge is -2.30. The Morgan fingerprint density at radius 2 is 2.00 bits per heavy atom. The first-order chi connectivity index (χ1) is 12.2. The molecule has 1 aromatic carbocycles. The summed E-state index contributed by atoms with van der Waals surface area (Å²) in [5, 5.41) is 14.0. The van der Waals surface area contributed by atoms with Gasteiger partial charge in [0.2, 0.25) is 0 Å². The molecule has 1 aromatic heterocycles. The molecule has 0 bridgehead atoms. The number of hydrogen-bond acceptors (Lipinski definition) is 4. The van der Waals surface area contributed by atoms with Gasteiger partial charge in [-0.25, -0.2) is 0 Å². The van der Waals surface area contributed by atoms with Gasteiger partial charge in [0.25, 0.3) is 0 Å². The van der Waals surface area contributed by atoms with E-state index in [1.54, 1.807) is 0 Å². The Hall–Kier alpha value is -1.88. The number of fused-ring (bicyclic) bond motifs is 1. The summed E-state index contributed by atoms with van der Waals surface area (Å²) >= 11 is 0. The van der Waals surface area contributed by atoms with Gasteiger partial charge in [-0.3, -0.25) is 4.68 Å². The minimum absolute atomic E-state index is 0.0723. The zero-order chi connectivity index (χ0) is 16.9. The number of oxime groups is 1. The quantitative estimate of drug-likeness (QED) is 0.908. The zero-order valence-electron chi connectivity index (χ0n) is 14.9. The van der Waals surface area contributed by atoms with Gasteiger partial charge in [0.05, 0.1) is 23.0 Å². The Morgan fingerprint density at radius 1 is 1.20 bits per heavy atom. The van der Waals surface area contributed by atoms with Crippen LogP contribution in [0.25, 0.3) is 10.9 Å². The molecule has 0 atom stereocenters. The van der Waals surface area contributed by atoms with Crippen molar-refractivity contribution in [2.45, 2.75) is 63.5 Å². The molecule has 25 heavy (non-hydrogen) atoms. The molecule has 0 amide bonds. The van der Waals surface area contributed by atoms with E-state index in [0.29, 0.717) is 6.04 Å². The first-order valence-electron chi connectivity index (χ1n) is 9.69. The van der Waals surface area contributed by atoms with Crippen LogP contribution in [0.3, 0.4) is 0 Å². The van der Waals surface area contributed by atoms with Crippen LogP contribution in [0.4, 0.5) is 0 Å². The predicted octanol–water partition coefficient (Wildman–Crippen LogP) is 3.71. The molecule has 5 rings (SSSR count). The lowest BCUT2D eigenvalue weighted by atomic mass is 9.86. The number of nitrogens with one attached hydrogen (secondary N) is 1. The largest absolute Gasteiger partial charge is 0.388 e. The number of benzene rings is 1. The van der Waals surface area contributed by atoms with E-state index in [-0.39, 0.29) is 5.60 Å². The summed E-state index contributed by atoms with van der Waals surface area (Å²) in [5.74, 6) is 0. The molecular weight excluding hydrogens is 312 g/mol. The number of aryl methyl sites for hydroxylation is 1. The third-order valence-electron chi connectivity index (χ3n) is 6.25. The Balaban J connectivity index is 1.49. The van der Waals surface area contributed by atoms with Gasteiger partial charge in [-0.2, -0.15) is 5.10 Å². The maximum atomic E-state index is 5.92. The van der Waals surface area contributed by atoms with Gasteiger partial charge in [-0.15, -0.1) is 0 Å². The van der Waals surface area contributed by atoms with Gasteiger partial charge < -0.3 is 10.2 Å². The van der Waals surface area contributed by atoms with Crippen LogP contribution < -0.4 is 5.32 Å². The summed E-state index contributed by atoms with van der Waals surface area (Å²) in [4.78, 5) is 5.92. The summed E-state index contributed by atoms with van der Waals surface area (Å²) in [6.07, 6.45) is 8.16. The molecule has 3 aliphatic rings. The molecule has 132 valence electrons. The van der Waals surface area contributed by atoms with Crippen LogP contribution in [0, 0.1) is 6.92 Å². The molecule has 0 radical (unpaired) electrons. The summed E-state index contributed by atoms with van der Waals surface area (Å²) in [7, 11) is 0. The fourth-order valence-corrected chi connectivity index (χ4v) is 4.73. The van der Waals surface area contributed by atoms with Gasteiger partial charge in [0.1, 0.15) is 5.60 Å². The molecule has 2 aromatic rings. The van der Waals surface area contributed by atoms with Gasteiger partial charge in [-0.05, 0) is 38.9 Å². The maximum Gasteiger partial charge on any atom is 0.145 e. The lowest BCUT2D eigenvalue weighted by molar-refractivity contribution is -0.0400. The van der Waals surface area contributed by atoms with Crippen molar-refractivity contribution in [3.63, 3.8) is 0 Å². The van der Waals surface area contributed by atoms with Gasteiger partial charge in [0, 0.05) is 30.2 Å². The van der Waals surface area contributed by atoms with Crippen molar-refractivity contribution in [2.24, 2.45) is 5.16 Å². The highest BCUT2D eigenvalue weighted by atomic mass is 16.7. The van der Waals surface area contributed by atoms with Crippen molar-refractivity contribution in [2.75, 3.05) is 13.1 Å². The monoisotopic (exact) mass is 338 g/mol. The molecule has 5 heteroatoms. The highest BCUT2D eigenvalue weighted by molar-refractivity contribution is 6.04. The SMILES string of the molecule is Cc1nn(C2CCCC2)c2cc(C3=NOC4(CCNCC4)C3)ccc12. The van der Waals surface area contributed by atoms with Crippen molar-refractivity contribution in [1.82, 2.24) is 15.1 Å². The highest BCUT2D eigenvalue weighted by Crippen LogP contribution is 2.36. The smallest absolute Gasteiger partial charge is 0.145 e. The van der Waals surface area contributed by atoms with Crippen molar-refractivity contribution < 1.29 is 4.84 Å². The first kappa shape index (κ1) is 15.4. The second-order valence-corrected chi connectivity index (χ2v) is 7.94. The predicted molar refractivity (Wildman–Crippen MR) is 99.0 cm³/mol. The third kappa shape index (κ3) is 2.56. The number of aromatic nitrogens is 2. The van der Waals surface area contributed by atoms with E-state index in [1.165, 1.54) is 42.1 Å². The average molecular weight is 338 g/mol. The summed E-state index contributed by atoms with van der Waals surface area (Å²) in [6.45, 7) is 4.17.